The summed E-state index contributed by atoms with van der Waals surface area (Å²) in [5.41, 5.74) is 0. The zero-order chi connectivity index (χ0) is 11.4. The minimum atomic E-state index is -0.224. The zero-order valence-corrected chi connectivity index (χ0v) is 10.3. The molecule has 0 bridgehead atoms. The van der Waals surface area contributed by atoms with Gasteiger partial charge in [0.05, 0.1) is 6.61 Å². The minimum absolute atomic E-state index is 0.224. The van der Waals surface area contributed by atoms with Crippen LogP contribution in [0.2, 0.25) is 0 Å². The van der Waals surface area contributed by atoms with Gasteiger partial charge in [-0.2, -0.15) is 0 Å². The van der Waals surface area contributed by atoms with Crippen LogP contribution in [0.5, 0.6) is 0 Å². The van der Waals surface area contributed by atoms with Crippen LogP contribution in [0.4, 0.5) is 0 Å². The normalized spacial score (nSPS) is 15.6. The topological polar surface area (TPSA) is 26.3 Å². The summed E-state index contributed by atoms with van der Waals surface area (Å²) < 4.78 is 5.10. The maximum atomic E-state index is 11.3. The van der Waals surface area contributed by atoms with Gasteiger partial charge in [-0.15, -0.1) is 11.3 Å². The Labute approximate surface area is 99.9 Å². The van der Waals surface area contributed by atoms with Crippen molar-refractivity contribution in [2.45, 2.75) is 26.2 Å². The predicted molar refractivity (Wildman–Crippen MR) is 66.4 cm³/mol. The van der Waals surface area contributed by atoms with E-state index < -0.39 is 0 Å². The second-order valence-electron chi connectivity index (χ2n) is 4.06. The molecule has 1 fully saturated rings. The summed E-state index contributed by atoms with van der Waals surface area (Å²) >= 11 is 1.72. The lowest BCUT2D eigenvalue weighted by molar-refractivity contribution is -0.138. The Balaban J connectivity index is 1.79. The van der Waals surface area contributed by atoms with Gasteiger partial charge in [0.25, 0.3) is 0 Å². The Morgan fingerprint density at radius 3 is 3.00 bits per heavy atom. The first-order chi connectivity index (χ1) is 7.78. The van der Waals surface area contributed by atoms with Gasteiger partial charge < -0.3 is 4.74 Å². The first kappa shape index (κ1) is 11.4. The molecule has 0 atom stereocenters. The molecule has 1 aliphatic rings. The number of carbonyl (C=O) groups excluding carboxylic acids is 1. The van der Waals surface area contributed by atoms with Gasteiger partial charge in [-0.3, -0.25) is 0 Å². The van der Waals surface area contributed by atoms with Crippen molar-refractivity contribution < 1.29 is 9.53 Å². The molecule has 1 aliphatic carbocycles. The standard InChI is InChI=1S/C13H16O2S/c1-2-11-5-6-12(16-11)7-8-13(14)15-9-10-3-4-10/h5-8,10H,2-4,9H2,1H3. The number of thiophene rings is 1. The van der Waals surface area contributed by atoms with Crippen molar-refractivity contribution in [1.82, 2.24) is 0 Å². The van der Waals surface area contributed by atoms with Crippen molar-refractivity contribution in [2.24, 2.45) is 5.92 Å². The fourth-order valence-corrected chi connectivity index (χ4v) is 2.21. The molecule has 3 heteroatoms. The Bertz CT molecular complexity index is 388. The molecule has 2 nitrogen and oxygen atoms in total. The average Bonchev–Trinajstić information content (AvgIpc) is 3.01. The zero-order valence-electron chi connectivity index (χ0n) is 9.44. The van der Waals surface area contributed by atoms with Crippen LogP contribution in [0.15, 0.2) is 18.2 Å². The average molecular weight is 236 g/mol. The molecule has 2 rings (SSSR count). The number of ether oxygens (including phenoxy) is 1. The lowest BCUT2D eigenvalue weighted by Gasteiger charge is -1.97. The molecule has 0 radical (unpaired) electrons. The quantitative estimate of drug-likeness (QED) is 0.579. The van der Waals surface area contributed by atoms with Crippen LogP contribution in [0.25, 0.3) is 6.08 Å². The Kier molecular flexibility index (Phi) is 3.78. The Morgan fingerprint density at radius 2 is 2.38 bits per heavy atom. The monoisotopic (exact) mass is 236 g/mol. The lowest BCUT2D eigenvalue weighted by atomic mass is 10.3. The van der Waals surface area contributed by atoms with E-state index in [1.165, 1.54) is 23.8 Å². The first-order valence-corrected chi connectivity index (χ1v) is 6.53. The molecule has 1 aromatic rings. The fraction of sp³-hybridized carbons (Fsp3) is 0.462. The van der Waals surface area contributed by atoms with Gasteiger partial charge in [0.15, 0.2) is 0 Å². The van der Waals surface area contributed by atoms with E-state index in [4.69, 9.17) is 4.74 Å². The van der Waals surface area contributed by atoms with E-state index in [2.05, 4.69) is 13.0 Å². The van der Waals surface area contributed by atoms with Crippen LogP contribution in [-0.2, 0) is 16.0 Å². The van der Waals surface area contributed by atoms with E-state index in [0.717, 1.165) is 11.3 Å². The molecular formula is C13H16O2S. The summed E-state index contributed by atoms with van der Waals surface area (Å²) in [6.45, 7) is 2.72. The number of esters is 1. The Morgan fingerprint density at radius 1 is 1.56 bits per heavy atom. The van der Waals surface area contributed by atoms with Crippen LogP contribution < -0.4 is 0 Å². The summed E-state index contributed by atoms with van der Waals surface area (Å²) in [5, 5.41) is 0. The summed E-state index contributed by atoms with van der Waals surface area (Å²) in [7, 11) is 0. The van der Waals surface area contributed by atoms with Crippen molar-refractivity contribution in [3.05, 3.63) is 28.0 Å². The van der Waals surface area contributed by atoms with Gasteiger partial charge in [-0.05, 0) is 43.4 Å². The van der Waals surface area contributed by atoms with Crippen molar-refractivity contribution in [3.63, 3.8) is 0 Å². The molecular weight excluding hydrogens is 220 g/mol. The SMILES string of the molecule is CCc1ccc(C=CC(=O)OCC2CC2)s1. The molecule has 0 N–H and O–H groups in total. The molecule has 0 aliphatic heterocycles. The Hall–Kier alpha value is -1.09. The van der Waals surface area contributed by atoms with Crippen LogP contribution >= 0.6 is 11.3 Å². The smallest absolute Gasteiger partial charge is 0.330 e. The molecule has 1 aromatic heterocycles. The third-order valence-electron chi connectivity index (χ3n) is 2.57. The summed E-state index contributed by atoms with van der Waals surface area (Å²) in [5.74, 6) is 0.407. The number of carbonyl (C=O) groups is 1. The molecule has 0 unspecified atom stereocenters. The number of hydrogen-bond acceptors (Lipinski definition) is 3. The van der Waals surface area contributed by atoms with E-state index in [-0.39, 0.29) is 5.97 Å². The van der Waals surface area contributed by atoms with Crippen LogP contribution in [0, 0.1) is 5.92 Å². The number of rotatable bonds is 5. The van der Waals surface area contributed by atoms with E-state index in [1.54, 1.807) is 11.3 Å². The van der Waals surface area contributed by atoms with E-state index in [9.17, 15) is 4.79 Å². The van der Waals surface area contributed by atoms with Gasteiger partial charge in [0.2, 0.25) is 0 Å². The van der Waals surface area contributed by atoms with Crippen molar-refractivity contribution in [1.29, 1.82) is 0 Å². The molecule has 86 valence electrons. The van der Waals surface area contributed by atoms with E-state index in [1.807, 2.05) is 12.1 Å². The molecule has 0 saturated heterocycles. The van der Waals surface area contributed by atoms with Gasteiger partial charge in [0, 0.05) is 15.8 Å². The molecule has 16 heavy (non-hydrogen) atoms. The van der Waals surface area contributed by atoms with E-state index >= 15 is 0 Å². The maximum absolute atomic E-state index is 11.3. The largest absolute Gasteiger partial charge is 0.462 e. The van der Waals surface area contributed by atoms with Crippen LogP contribution in [0.3, 0.4) is 0 Å². The number of hydrogen-bond donors (Lipinski definition) is 0. The van der Waals surface area contributed by atoms with Crippen molar-refractivity contribution in [3.8, 4) is 0 Å². The van der Waals surface area contributed by atoms with Gasteiger partial charge in [0.1, 0.15) is 0 Å². The minimum Gasteiger partial charge on any atom is -0.462 e. The first-order valence-electron chi connectivity index (χ1n) is 5.71. The summed E-state index contributed by atoms with van der Waals surface area (Å²) in [4.78, 5) is 13.8. The summed E-state index contributed by atoms with van der Waals surface area (Å²) in [6, 6.07) is 4.13. The van der Waals surface area contributed by atoms with Crippen molar-refractivity contribution in [2.75, 3.05) is 6.61 Å². The highest BCUT2D eigenvalue weighted by Gasteiger charge is 2.22. The number of aryl methyl sites for hydroxylation is 1. The lowest BCUT2D eigenvalue weighted by Crippen LogP contribution is -2.03. The predicted octanol–water partition coefficient (Wildman–Crippen LogP) is 3.28. The third-order valence-corrected chi connectivity index (χ3v) is 3.77. The molecule has 1 saturated carbocycles. The fourth-order valence-electron chi connectivity index (χ4n) is 1.36. The third kappa shape index (κ3) is 3.49. The highest BCUT2D eigenvalue weighted by Crippen LogP contribution is 2.28. The van der Waals surface area contributed by atoms with Gasteiger partial charge >= 0.3 is 5.97 Å². The molecule has 1 heterocycles. The molecule has 0 aromatic carbocycles. The van der Waals surface area contributed by atoms with E-state index in [0.29, 0.717) is 12.5 Å². The summed E-state index contributed by atoms with van der Waals surface area (Å²) in [6.07, 6.45) is 6.82. The van der Waals surface area contributed by atoms with Gasteiger partial charge in [-0.1, -0.05) is 6.92 Å². The van der Waals surface area contributed by atoms with Gasteiger partial charge in [-0.25, -0.2) is 4.79 Å². The second kappa shape index (κ2) is 5.30. The van der Waals surface area contributed by atoms with Crippen LogP contribution in [-0.4, -0.2) is 12.6 Å². The molecule has 0 spiro atoms. The second-order valence-corrected chi connectivity index (χ2v) is 5.26. The molecule has 0 amide bonds. The maximum Gasteiger partial charge on any atom is 0.330 e. The highest BCUT2D eigenvalue weighted by atomic mass is 32.1. The van der Waals surface area contributed by atoms with Crippen molar-refractivity contribution >= 4 is 23.4 Å². The highest BCUT2D eigenvalue weighted by molar-refractivity contribution is 7.12. The van der Waals surface area contributed by atoms with Crippen LogP contribution in [0.1, 0.15) is 29.5 Å².